The maximum atomic E-state index is 5.73. The SMILES string of the molecule is c1ccn2c(CNC3CC3)c(SCC3CCCO3)nc2c1. The molecule has 0 bridgehead atoms. The van der Waals surface area contributed by atoms with E-state index in [1.165, 1.54) is 31.4 Å². The number of aromatic nitrogens is 2. The molecule has 1 aliphatic heterocycles. The summed E-state index contributed by atoms with van der Waals surface area (Å²) in [5.74, 6) is 1.01. The van der Waals surface area contributed by atoms with Crippen molar-refractivity contribution in [3.63, 3.8) is 0 Å². The molecule has 1 N–H and O–H groups in total. The Morgan fingerprint density at radius 2 is 2.29 bits per heavy atom. The van der Waals surface area contributed by atoms with Crippen LogP contribution in [0.25, 0.3) is 5.65 Å². The van der Waals surface area contributed by atoms with Crippen LogP contribution in [0.2, 0.25) is 0 Å². The second-order valence-corrected chi connectivity index (χ2v) is 6.90. The van der Waals surface area contributed by atoms with Crippen molar-refractivity contribution in [2.75, 3.05) is 12.4 Å². The van der Waals surface area contributed by atoms with Crippen LogP contribution in [0.4, 0.5) is 0 Å². The first-order valence-corrected chi connectivity index (χ1v) is 8.82. The Kier molecular flexibility index (Phi) is 3.88. The molecule has 2 fully saturated rings. The van der Waals surface area contributed by atoms with E-state index in [1.54, 1.807) is 0 Å². The Balaban J connectivity index is 1.54. The Morgan fingerprint density at radius 3 is 3.10 bits per heavy atom. The van der Waals surface area contributed by atoms with Gasteiger partial charge >= 0.3 is 0 Å². The summed E-state index contributed by atoms with van der Waals surface area (Å²) in [6, 6.07) is 6.92. The zero-order chi connectivity index (χ0) is 14.1. The lowest BCUT2D eigenvalue weighted by Gasteiger charge is -2.09. The highest BCUT2D eigenvalue weighted by Crippen LogP contribution is 2.28. The highest BCUT2D eigenvalue weighted by molar-refractivity contribution is 7.99. The normalized spacial score (nSPS) is 22.2. The number of pyridine rings is 1. The number of nitrogens with one attached hydrogen (secondary N) is 1. The summed E-state index contributed by atoms with van der Waals surface area (Å²) in [5.41, 5.74) is 2.33. The molecule has 3 heterocycles. The van der Waals surface area contributed by atoms with Gasteiger partial charge in [0, 0.05) is 31.1 Å². The van der Waals surface area contributed by atoms with E-state index in [-0.39, 0.29) is 0 Å². The summed E-state index contributed by atoms with van der Waals surface area (Å²) in [7, 11) is 0. The Morgan fingerprint density at radius 1 is 1.33 bits per heavy atom. The van der Waals surface area contributed by atoms with E-state index in [9.17, 15) is 0 Å². The van der Waals surface area contributed by atoms with Crippen molar-refractivity contribution in [3.8, 4) is 0 Å². The van der Waals surface area contributed by atoms with E-state index in [0.717, 1.165) is 35.6 Å². The fraction of sp³-hybridized carbons (Fsp3) is 0.562. The summed E-state index contributed by atoms with van der Waals surface area (Å²) in [6.45, 7) is 1.83. The van der Waals surface area contributed by atoms with Gasteiger partial charge in [-0.1, -0.05) is 6.07 Å². The highest BCUT2D eigenvalue weighted by atomic mass is 32.2. The number of imidazole rings is 1. The maximum absolute atomic E-state index is 5.73. The molecule has 0 aromatic carbocycles. The summed E-state index contributed by atoms with van der Waals surface area (Å²) in [6.07, 6.45) is 7.54. The van der Waals surface area contributed by atoms with Crippen LogP contribution in [0, 0.1) is 0 Å². The molecule has 2 aliphatic rings. The monoisotopic (exact) mass is 303 g/mol. The van der Waals surface area contributed by atoms with Crippen molar-refractivity contribution in [1.29, 1.82) is 0 Å². The second kappa shape index (κ2) is 5.99. The smallest absolute Gasteiger partial charge is 0.138 e. The van der Waals surface area contributed by atoms with E-state index in [2.05, 4.69) is 34.1 Å². The molecule has 4 nitrogen and oxygen atoms in total. The number of hydrogen-bond donors (Lipinski definition) is 1. The summed E-state index contributed by atoms with van der Waals surface area (Å²) < 4.78 is 7.94. The van der Waals surface area contributed by atoms with Gasteiger partial charge < -0.3 is 14.5 Å². The number of fused-ring (bicyclic) bond motifs is 1. The van der Waals surface area contributed by atoms with Crippen LogP contribution in [-0.2, 0) is 11.3 Å². The van der Waals surface area contributed by atoms with Crippen molar-refractivity contribution in [2.24, 2.45) is 0 Å². The predicted octanol–water partition coefficient (Wildman–Crippen LogP) is 2.86. The van der Waals surface area contributed by atoms with Gasteiger partial charge in [0.2, 0.25) is 0 Å². The largest absolute Gasteiger partial charge is 0.377 e. The van der Waals surface area contributed by atoms with Gasteiger partial charge in [-0.05, 0) is 37.8 Å². The van der Waals surface area contributed by atoms with Crippen molar-refractivity contribution in [1.82, 2.24) is 14.7 Å². The standard InChI is InChI=1S/C16H21N3OS/c1-2-8-19-14(10-17-12-6-7-12)16(18-15(19)5-1)21-11-13-4-3-9-20-13/h1-2,5,8,12-13,17H,3-4,6-7,9-11H2. The third kappa shape index (κ3) is 3.10. The van der Waals surface area contributed by atoms with Gasteiger partial charge in [0.1, 0.15) is 10.7 Å². The minimum atomic E-state index is 0.407. The Hall–Kier alpha value is -1.04. The van der Waals surface area contributed by atoms with E-state index in [4.69, 9.17) is 9.72 Å². The molecule has 1 unspecified atom stereocenters. The molecule has 2 aromatic heterocycles. The van der Waals surface area contributed by atoms with Crippen molar-refractivity contribution in [3.05, 3.63) is 30.1 Å². The van der Waals surface area contributed by atoms with Crippen LogP contribution in [0.5, 0.6) is 0 Å². The average Bonchev–Trinajstić information content (AvgIpc) is 3.07. The quantitative estimate of drug-likeness (QED) is 0.833. The zero-order valence-electron chi connectivity index (χ0n) is 12.1. The summed E-state index contributed by atoms with van der Waals surface area (Å²) in [5, 5.41) is 4.77. The molecule has 1 saturated heterocycles. The van der Waals surface area contributed by atoms with Gasteiger partial charge in [0.05, 0.1) is 11.8 Å². The fourth-order valence-corrected chi connectivity index (χ4v) is 3.88. The first-order valence-electron chi connectivity index (χ1n) is 7.84. The molecule has 1 saturated carbocycles. The number of rotatable bonds is 6. The van der Waals surface area contributed by atoms with Gasteiger partial charge in [0.15, 0.2) is 0 Å². The lowest BCUT2D eigenvalue weighted by atomic mass is 10.3. The van der Waals surface area contributed by atoms with Crippen LogP contribution in [0.3, 0.4) is 0 Å². The lowest BCUT2D eigenvalue weighted by Crippen LogP contribution is -2.17. The molecule has 112 valence electrons. The molecule has 2 aromatic rings. The van der Waals surface area contributed by atoms with Crippen LogP contribution in [0.1, 0.15) is 31.4 Å². The topological polar surface area (TPSA) is 38.6 Å². The molecule has 4 rings (SSSR count). The highest BCUT2D eigenvalue weighted by Gasteiger charge is 2.23. The molecule has 0 spiro atoms. The van der Waals surface area contributed by atoms with Crippen LogP contribution in [-0.4, -0.2) is 33.9 Å². The van der Waals surface area contributed by atoms with Crippen molar-refractivity contribution < 1.29 is 4.74 Å². The minimum Gasteiger partial charge on any atom is -0.377 e. The van der Waals surface area contributed by atoms with Gasteiger partial charge in [0.25, 0.3) is 0 Å². The molecular weight excluding hydrogens is 282 g/mol. The predicted molar refractivity (Wildman–Crippen MR) is 84.8 cm³/mol. The number of nitrogens with zero attached hydrogens (tertiary/aromatic N) is 2. The van der Waals surface area contributed by atoms with Crippen molar-refractivity contribution >= 4 is 17.4 Å². The van der Waals surface area contributed by atoms with Crippen molar-refractivity contribution in [2.45, 2.75) is 49.4 Å². The van der Waals surface area contributed by atoms with Crippen LogP contribution in [0.15, 0.2) is 29.4 Å². The zero-order valence-corrected chi connectivity index (χ0v) is 12.9. The Bertz CT molecular complexity index is 617. The summed E-state index contributed by atoms with van der Waals surface area (Å²) in [4.78, 5) is 4.80. The first kappa shape index (κ1) is 13.6. The van der Waals surface area contributed by atoms with Gasteiger partial charge in [-0.15, -0.1) is 11.8 Å². The van der Waals surface area contributed by atoms with E-state index in [0.29, 0.717) is 6.10 Å². The number of ether oxygens (including phenoxy) is 1. The van der Waals surface area contributed by atoms with Gasteiger partial charge in [-0.25, -0.2) is 4.98 Å². The summed E-state index contributed by atoms with van der Waals surface area (Å²) >= 11 is 1.85. The molecular formula is C16H21N3OS. The first-order chi connectivity index (χ1) is 10.4. The van der Waals surface area contributed by atoms with Crippen LogP contribution < -0.4 is 5.32 Å². The third-order valence-electron chi connectivity index (χ3n) is 4.16. The lowest BCUT2D eigenvalue weighted by molar-refractivity contribution is 0.129. The molecule has 1 atom stereocenters. The molecule has 0 radical (unpaired) electrons. The fourth-order valence-electron chi connectivity index (χ4n) is 2.78. The van der Waals surface area contributed by atoms with Gasteiger partial charge in [-0.2, -0.15) is 0 Å². The minimum absolute atomic E-state index is 0.407. The molecule has 21 heavy (non-hydrogen) atoms. The maximum Gasteiger partial charge on any atom is 0.138 e. The van der Waals surface area contributed by atoms with Gasteiger partial charge in [-0.3, -0.25) is 0 Å². The van der Waals surface area contributed by atoms with E-state index < -0.39 is 0 Å². The Labute approximate surface area is 129 Å². The molecule has 1 aliphatic carbocycles. The third-order valence-corrected chi connectivity index (χ3v) is 5.30. The van der Waals surface area contributed by atoms with E-state index in [1.807, 2.05) is 11.8 Å². The number of thioether (sulfide) groups is 1. The van der Waals surface area contributed by atoms with E-state index >= 15 is 0 Å². The van der Waals surface area contributed by atoms with Crippen LogP contribution >= 0.6 is 11.8 Å². The average molecular weight is 303 g/mol. The molecule has 5 heteroatoms. The second-order valence-electron chi connectivity index (χ2n) is 5.89. The number of hydrogen-bond acceptors (Lipinski definition) is 4. The molecule has 0 amide bonds.